The summed E-state index contributed by atoms with van der Waals surface area (Å²) in [6, 6.07) is 6.99. The van der Waals surface area contributed by atoms with Gasteiger partial charge in [-0.3, -0.25) is 4.68 Å². The Morgan fingerprint density at radius 2 is 1.95 bits per heavy atom. The second-order valence-electron chi connectivity index (χ2n) is 5.32. The van der Waals surface area contributed by atoms with Gasteiger partial charge < -0.3 is 5.32 Å². The molecule has 0 radical (unpaired) electrons. The van der Waals surface area contributed by atoms with E-state index in [1.54, 1.807) is 22.9 Å². The molecule has 6 nitrogen and oxygen atoms in total. The minimum Gasteiger partial charge on any atom is -0.352 e. The normalized spacial score (nSPS) is 15.1. The highest BCUT2D eigenvalue weighted by Gasteiger charge is 2.29. The minimum atomic E-state index is -3.49. The summed E-state index contributed by atoms with van der Waals surface area (Å²) in [5.41, 5.74) is 2.17. The Labute approximate surface area is 124 Å². The summed E-state index contributed by atoms with van der Waals surface area (Å²) >= 11 is 0. The molecular weight excluding hydrogens is 288 g/mol. The van der Waals surface area contributed by atoms with Crippen molar-refractivity contribution in [3.8, 4) is 0 Å². The first-order valence-electron chi connectivity index (χ1n) is 6.84. The summed E-state index contributed by atoms with van der Waals surface area (Å²) in [4.78, 5) is 0.264. The van der Waals surface area contributed by atoms with Gasteiger partial charge in [-0.15, -0.1) is 0 Å². The van der Waals surface area contributed by atoms with Gasteiger partial charge in [0.05, 0.1) is 17.1 Å². The lowest BCUT2D eigenvalue weighted by molar-refractivity contribution is 0.581. The first-order chi connectivity index (χ1) is 9.95. The average Bonchev–Trinajstić information content (AvgIpc) is 3.15. The zero-order valence-electron chi connectivity index (χ0n) is 12.0. The van der Waals surface area contributed by atoms with E-state index in [2.05, 4.69) is 15.1 Å². The van der Waals surface area contributed by atoms with E-state index < -0.39 is 10.0 Å². The maximum Gasteiger partial charge on any atom is 0.242 e. The highest BCUT2D eigenvalue weighted by atomic mass is 32.2. The first kappa shape index (κ1) is 14.1. The van der Waals surface area contributed by atoms with Crippen LogP contribution in [-0.2, 0) is 17.1 Å². The Balaban J connectivity index is 1.94. The quantitative estimate of drug-likeness (QED) is 0.885. The molecule has 7 heteroatoms. The molecule has 1 aliphatic carbocycles. The minimum absolute atomic E-state index is 0.0863. The first-order valence-corrected chi connectivity index (χ1v) is 8.32. The fraction of sp³-hybridized carbons (Fsp3) is 0.357. The van der Waals surface area contributed by atoms with Crippen LogP contribution in [0.3, 0.4) is 0 Å². The molecule has 0 amide bonds. The van der Waals surface area contributed by atoms with Crippen molar-refractivity contribution < 1.29 is 8.42 Å². The van der Waals surface area contributed by atoms with Gasteiger partial charge in [-0.2, -0.15) is 5.10 Å². The summed E-state index contributed by atoms with van der Waals surface area (Å²) in [6.07, 6.45) is 3.65. The van der Waals surface area contributed by atoms with Gasteiger partial charge >= 0.3 is 0 Å². The summed E-state index contributed by atoms with van der Waals surface area (Å²) in [7, 11) is -1.66. The second kappa shape index (κ2) is 5.16. The molecule has 112 valence electrons. The van der Waals surface area contributed by atoms with Crippen molar-refractivity contribution >= 4 is 21.4 Å². The van der Waals surface area contributed by atoms with Crippen molar-refractivity contribution in [3.63, 3.8) is 0 Å². The topological polar surface area (TPSA) is 76.0 Å². The van der Waals surface area contributed by atoms with Crippen molar-refractivity contribution in [2.45, 2.75) is 30.7 Å². The molecule has 1 fully saturated rings. The Bertz CT molecular complexity index is 763. The van der Waals surface area contributed by atoms with Crippen molar-refractivity contribution in [2.75, 3.05) is 5.32 Å². The van der Waals surface area contributed by atoms with Gasteiger partial charge in [-0.1, -0.05) is 12.1 Å². The smallest absolute Gasteiger partial charge is 0.242 e. The molecule has 0 aliphatic heterocycles. The van der Waals surface area contributed by atoms with Crippen LogP contribution in [0.2, 0.25) is 0 Å². The molecule has 2 aromatic rings. The van der Waals surface area contributed by atoms with Crippen LogP contribution in [0.5, 0.6) is 0 Å². The van der Waals surface area contributed by atoms with Crippen molar-refractivity contribution in [2.24, 2.45) is 7.05 Å². The molecular formula is C14H18N4O2S. The second-order valence-corrected chi connectivity index (χ2v) is 7.00. The zero-order chi connectivity index (χ0) is 15.0. The van der Waals surface area contributed by atoms with Gasteiger partial charge in [0.1, 0.15) is 4.90 Å². The predicted octanol–water partition coefficient (Wildman–Crippen LogP) is 1.91. The average molecular weight is 306 g/mol. The molecule has 3 rings (SSSR count). The number of sulfonamides is 1. The third-order valence-electron chi connectivity index (χ3n) is 3.36. The van der Waals surface area contributed by atoms with E-state index in [-0.39, 0.29) is 10.9 Å². The summed E-state index contributed by atoms with van der Waals surface area (Å²) in [6.45, 7) is 1.88. The predicted molar refractivity (Wildman–Crippen MR) is 81.0 cm³/mol. The molecule has 1 heterocycles. The van der Waals surface area contributed by atoms with Crippen LogP contribution in [0.1, 0.15) is 18.5 Å². The number of anilines is 2. The standard InChI is InChI=1S/C14H18N4O2S/c1-10-13(9-18(2)16-10)15-12-5-3-4-6-14(12)21(19,20)17-11-7-8-11/h3-6,9,11,15,17H,7-8H2,1-2H3. The number of benzene rings is 1. The van der Waals surface area contributed by atoms with E-state index >= 15 is 0 Å². The molecule has 21 heavy (non-hydrogen) atoms. The Hall–Kier alpha value is -1.86. The van der Waals surface area contributed by atoms with E-state index in [1.165, 1.54) is 0 Å². The maximum atomic E-state index is 12.4. The molecule has 1 aliphatic rings. The van der Waals surface area contributed by atoms with Gasteiger partial charge in [0.2, 0.25) is 10.0 Å². The highest BCUT2D eigenvalue weighted by molar-refractivity contribution is 7.89. The summed E-state index contributed by atoms with van der Waals surface area (Å²) in [5, 5.41) is 7.41. The number of nitrogens with one attached hydrogen (secondary N) is 2. The molecule has 1 aromatic carbocycles. The molecule has 2 N–H and O–H groups in total. The fourth-order valence-corrected chi connectivity index (χ4v) is 3.62. The molecule has 1 aromatic heterocycles. The van der Waals surface area contributed by atoms with Gasteiger partial charge in [0, 0.05) is 19.3 Å². The van der Waals surface area contributed by atoms with Gasteiger partial charge in [-0.05, 0) is 31.9 Å². The number of nitrogens with zero attached hydrogens (tertiary/aromatic N) is 2. The summed E-state index contributed by atoms with van der Waals surface area (Å²) in [5.74, 6) is 0. The van der Waals surface area contributed by atoms with E-state index in [0.29, 0.717) is 5.69 Å². The van der Waals surface area contributed by atoms with Crippen LogP contribution in [0, 0.1) is 6.92 Å². The highest BCUT2D eigenvalue weighted by Crippen LogP contribution is 2.28. The van der Waals surface area contributed by atoms with Crippen molar-refractivity contribution in [3.05, 3.63) is 36.2 Å². The van der Waals surface area contributed by atoms with E-state index in [4.69, 9.17) is 0 Å². The number of hydrogen-bond donors (Lipinski definition) is 2. The lowest BCUT2D eigenvalue weighted by Crippen LogP contribution is -2.26. The molecule has 0 atom stereocenters. The van der Waals surface area contributed by atoms with Crippen LogP contribution >= 0.6 is 0 Å². The molecule has 0 spiro atoms. The number of para-hydroxylation sites is 1. The molecule has 0 saturated heterocycles. The Morgan fingerprint density at radius 1 is 1.24 bits per heavy atom. The fourth-order valence-electron chi connectivity index (χ4n) is 2.16. The van der Waals surface area contributed by atoms with Crippen LogP contribution in [0.15, 0.2) is 35.4 Å². The number of aromatic nitrogens is 2. The largest absolute Gasteiger partial charge is 0.352 e. The van der Waals surface area contributed by atoms with Crippen molar-refractivity contribution in [1.82, 2.24) is 14.5 Å². The third kappa shape index (κ3) is 3.08. The molecule has 0 bridgehead atoms. The van der Waals surface area contributed by atoms with Crippen LogP contribution < -0.4 is 10.0 Å². The number of rotatable bonds is 5. The van der Waals surface area contributed by atoms with Crippen LogP contribution in [0.4, 0.5) is 11.4 Å². The third-order valence-corrected chi connectivity index (χ3v) is 4.94. The van der Waals surface area contributed by atoms with E-state index in [9.17, 15) is 8.42 Å². The van der Waals surface area contributed by atoms with Gasteiger partial charge in [0.25, 0.3) is 0 Å². The molecule has 0 unspecified atom stereocenters. The van der Waals surface area contributed by atoms with Crippen molar-refractivity contribution in [1.29, 1.82) is 0 Å². The van der Waals surface area contributed by atoms with Gasteiger partial charge in [0.15, 0.2) is 0 Å². The van der Waals surface area contributed by atoms with E-state index in [1.807, 2.05) is 26.2 Å². The summed E-state index contributed by atoms with van der Waals surface area (Å²) < 4.78 is 29.2. The zero-order valence-corrected chi connectivity index (χ0v) is 12.8. The number of aryl methyl sites for hydroxylation is 2. The van der Waals surface area contributed by atoms with Crippen LogP contribution in [0.25, 0.3) is 0 Å². The van der Waals surface area contributed by atoms with Gasteiger partial charge in [-0.25, -0.2) is 13.1 Å². The van der Waals surface area contributed by atoms with E-state index in [0.717, 1.165) is 24.2 Å². The monoisotopic (exact) mass is 306 g/mol. The molecule has 1 saturated carbocycles. The SMILES string of the molecule is Cc1nn(C)cc1Nc1ccccc1S(=O)(=O)NC1CC1. The number of hydrogen-bond acceptors (Lipinski definition) is 4. The van der Waals surface area contributed by atoms with Crippen LogP contribution in [-0.4, -0.2) is 24.2 Å². The Morgan fingerprint density at radius 3 is 2.57 bits per heavy atom. The lowest BCUT2D eigenvalue weighted by Gasteiger charge is -2.12. The maximum absolute atomic E-state index is 12.4. The lowest BCUT2D eigenvalue weighted by atomic mass is 10.3. The Kier molecular flexibility index (Phi) is 3.46.